The second-order valence-corrected chi connectivity index (χ2v) is 6.38. The van der Waals surface area contributed by atoms with E-state index in [-0.39, 0.29) is 6.03 Å². The van der Waals surface area contributed by atoms with Gasteiger partial charge in [-0.25, -0.2) is 9.78 Å². The summed E-state index contributed by atoms with van der Waals surface area (Å²) >= 11 is 0. The van der Waals surface area contributed by atoms with Crippen LogP contribution in [0.25, 0.3) is 0 Å². The van der Waals surface area contributed by atoms with Crippen molar-refractivity contribution < 1.29 is 4.79 Å². The number of nitrogens with zero attached hydrogens (tertiary/aromatic N) is 4. The number of carbonyl (C=O) groups excluding carboxylic acids is 1. The Kier molecular flexibility index (Phi) is 5.38. The van der Waals surface area contributed by atoms with Crippen molar-refractivity contribution in [3.05, 3.63) is 54.2 Å². The van der Waals surface area contributed by atoms with E-state index in [1.165, 1.54) is 0 Å². The van der Waals surface area contributed by atoms with Gasteiger partial charge < -0.3 is 20.0 Å². The van der Waals surface area contributed by atoms with E-state index in [1.54, 1.807) is 6.20 Å². The van der Waals surface area contributed by atoms with Crippen LogP contribution in [0, 0.1) is 0 Å². The van der Waals surface area contributed by atoms with Crippen molar-refractivity contribution in [3.63, 3.8) is 0 Å². The Labute approximate surface area is 149 Å². The van der Waals surface area contributed by atoms with E-state index in [2.05, 4.69) is 44.4 Å². The van der Waals surface area contributed by atoms with Gasteiger partial charge in [0.25, 0.3) is 0 Å². The van der Waals surface area contributed by atoms with Crippen LogP contribution in [0.1, 0.15) is 5.56 Å². The predicted molar refractivity (Wildman–Crippen MR) is 101 cm³/mol. The second kappa shape index (κ2) is 7.88. The van der Waals surface area contributed by atoms with Gasteiger partial charge in [0.2, 0.25) is 0 Å². The Morgan fingerprint density at radius 1 is 1.08 bits per heavy atom. The molecule has 0 bridgehead atoms. The number of aromatic nitrogens is 1. The third-order valence-corrected chi connectivity index (χ3v) is 4.44. The monoisotopic (exact) mass is 339 g/mol. The lowest BCUT2D eigenvalue weighted by atomic mass is 10.2. The van der Waals surface area contributed by atoms with Gasteiger partial charge in [-0.05, 0) is 29.8 Å². The Bertz CT molecular complexity index is 679. The molecule has 3 rings (SSSR count). The van der Waals surface area contributed by atoms with Crippen molar-refractivity contribution in [3.8, 4) is 0 Å². The molecule has 0 aliphatic carbocycles. The highest BCUT2D eigenvalue weighted by molar-refractivity contribution is 5.74. The average molecular weight is 339 g/mol. The molecule has 132 valence electrons. The summed E-state index contributed by atoms with van der Waals surface area (Å²) in [7, 11) is 4.03. The molecule has 1 fully saturated rings. The molecule has 2 heterocycles. The van der Waals surface area contributed by atoms with E-state index in [4.69, 9.17) is 0 Å². The van der Waals surface area contributed by atoms with Crippen molar-refractivity contribution >= 4 is 17.5 Å². The lowest BCUT2D eigenvalue weighted by molar-refractivity contribution is 0.194. The smallest absolute Gasteiger partial charge is 0.317 e. The molecule has 0 unspecified atom stereocenters. The zero-order chi connectivity index (χ0) is 17.6. The summed E-state index contributed by atoms with van der Waals surface area (Å²) in [5.41, 5.74) is 2.26. The minimum atomic E-state index is -0.00245. The molecule has 1 aromatic heterocycles. The van der Waals surface area contributed by atoms with E-state index in [0.29, 0.717) is 19.6 Å². The zero-order valence-electron chi connectivity index (χ0n) is 14.9. The Morgan fingerprint density at radius 3 is 2.40 bits per heavy atom. The maximum Gasteiger partial charge on any atom is 0.317 e. The number of pyridine rings is 1. The fourth-order valence-electron chi connectivity index (χ4n) is 2.88. The topological polar surface area (TPSA) is 51.7 Å². The Morgan fingerprint density at radius 2 is 1.80 bits per heavy atom. The van der Waals surface area contributed by atoms with Crippen LogP contribution in [0.3, 0.4) is 0 Å². The number of hydrogen-bond acceptors (Lipinski definition) is 4. The van der Waals surface area contributed by atoms with Gasteiger partial charge in [-0.2, -0.15) is 0 Å². The Balaban J connectivity index is 1.46. The molecular formula is C19H25N5O. The summed E-state index contributed by atoms with van der Waals surface area (Å²) in [6.07, 6.45) is 1.80. The highest BCUT2D eigenvalue weighted by atomic mass is 16.2. The van der Waals surface area contributed by atoms with Gasteiger partial charge in [-0.3, -0.25) is 0 Å². The molecule has 1 aromatic carbocycles. The maximum atomic E-state index is 12.4. The minimum Gasteiger partial charge on any atom is -0.378 e. The number of anilines is 2. The van der Waals surface area contributed by atoms with Crippen LogP contribution in [0.5, 0.6) is 0 Å². The number of carbonyl (C=O) groups is 1. The van der Waals surface area contributed by atoms with Gasteiger partial charge in [-0.1, -0.05) is 18.2 Å². The predicted octanol–water partition coefficient (Wildman–Crippen LogP) is 2.18. The number of piperazine rings is 1. The van der Waals surface area contributed by atoms with E-state index in [1.807, 2.05) is 37.2 Å². The molecule has 1 aliphatic rings. The summed E-state index contributed by atoms with van der Waals surface area (Å²) in [6.45, 7) is 3.58. The highest BCUT2D eigenvalue weighted by Gasteiger charge is 2.21. The van der Waals surface area contributed by atoms with Gasteiger partial charge in [0.05, 0.1) is 0 Å². The third-order valence-electron chi connectivity index (χ3n) is 4.44. The van der Waals surface area contributed by atoms with Crippen molar-refractivity contribution in [1.29, 1.82) is 0 Å². The molecule has 1 N–H and O–H groups in total. The SMILES string of the molecule is CN(C)c1ccc(CNC(=O)N2CCN(c3ccccn3)CC2)cc1. The normalized spacial score (nSPS) is 14.3. The number of nitrogens with one attached hydrogen (secondary N) is 1. The standard InChI is InChI=1S/C19H25N5O/c1-22(2)17-8-6-16(7-9-17)15-21-19(25)24-13-11-23(12-14-24)18-5-3-4-10-20-18/h3-10H,11-15H2,1-2H3,(H,21,25). The first-order valence-electron chi connectivity index (χ1n) is 8.58. The molecule has 25 heavy (non-hydrogen) atoms. The van der Waals surface area contributed by atoms with Crippen molar-refractivity contribution in [1.82, 2.24) is 15.2 Å². The number of urea groups is 1. The van der Waals surface area contributed by atoms with E-state index in [9.17, 15) is 4.79 Å². The molecule has 0 atom stereocenters. The van der Waals surface area contributed by atoms with Crippen LogP contribution in [0.2, 0.25) is 0 Å². The van der Waals surface area contributed by atoms with Crippen molar-refractivity contribution in [2.75, 3.05) is 50.1 Å². The van der Waals surface area contributed by atoms with Gasteiger partial charge in [0.1, 0.15) is 5.82 Å². The van der Waals surface area contributed by atoms with E-state index < -0.39 is 0 Å². The molecule has 0 radical (unpaired) electrons. The van der Waals surface area contributed by atoms with Gasteiger partial charge in [0.15, 0.2) is 0 Å². The van der Waals surface area contributed by atoms with Crippen LogP contribution < -0.4 is 15.1 Å². The molecule has 2 amide bonds. The molecule has 6 heteroatoms. The fourth-order valence-corrected chi connectivity index (χ4v) is 2.88. The first-order valence-corrected chi connectivity index (χ1v) is 8.58. The molecule has 0 spiro atoms. The van der Waals surface area contributed by atoms with Crippen LogP contribution in [0.4, 0.5) is 16.3 Å². The van der Waals surface area contributed by atoms with Crippen LogP contribution in [0.15, 0.2) is 48.7 Å². The van der Waals surface area contributed by atoms with Crippen molar-refractivity contribution in [2.45, 2.75) is 6.54 Å². The van der Waals surface area contributed by atoms with Gasteiger partial charge >= 0.3 is 6.03 Å². The highest BCUT2D eigenvalue weighted by Crippen LogP contribution is 2.14. The van der Waals surface area contributed by atoms with Crippen LogP contribution >= 0.6 is 0 Å². The molecular weight excluding hydrogens is 314 g/mol. The summed E-state index contributed by atoms with van der Waals surface area (Å²) < 4.78 is 0. The molecule has 0 saturated carbocycles. The lowest BCUT2D eigenvalue weighted by Gasteiger charge is -2.35. The summed E-state index contributed by atoms with van der Waals surface area (Å²) in [6, 6.07) is 14.1. The first kappa shape index (κ1) is 17.1. The number of hydrogen-bond donors (Lipinski definition) is 1. The second-order valence-electron chi connectivity index (χ2n) is 6.38. The number of amides is 2. The molecule has 1 aliphatic heterocycles. The van der Waals surface area contributed by atoms with Crippen LogP contribution in [-0.4, -0.2) is 56.2 Å². The molecule has 2 aromatic rings. The largest absolute Gasteiger partial charge is 0.378 e. The fraction of sp³-hybridized carbons (Fsp3) is 0.368. The molecule has 1 saturated heterocycles. The third kappa shape index (κ3) is 4.41. The number of benzene rings is 1. The van der Waals surface area contributed by atoms with Gasteiger partial charge in [0, 0.05) is 58.7 Å². The summed E-state index contributed by atoms with van der Waals surface area (Å²) in [4.78, 5) is 22.9. The molecule has 6 nitrogen and oxygen atoms in total. The minimum absolute atomic E-state index is 0.00245. The lowest BCUT2D eigenvalue weighted by Crippen LogP contribution is -2.51. The maximum absolute atomic E-state index is 12.4. The first-order chi connectivity index (χ1) is 12.1. The van der Waals surface area contributed by atoms with Crippen molar-refractivity contribution in [2.24, 2.45) is 0 Å². The van der Waals surface area contributed by atoms with E-state index >= 15 is 0 Å². The van der Waals surface area contributed by atoms with Gasteiger partial charge in [-0.15, -0.1) is 0 Å². The number of rotatable bonds is 4. The van der Waals surface area contributed by atoms with Crippen LogP contribution in [-0.2, 0) is 6.54 Å². The average Bonchev–Trinajstić information content (AvgIpc) is 2.67. The summed E-state index contributed by atoms with van der Waals surface area (Å²) in [5, 5.41) is 3.01. The quantitative estimate of drug-likeness (QED) is 0.928. The van der Waals surface area contributed by atoms with E-state index in [0.717, 1.165) is 30.2 Å². The zero-order valence-corrected chi connectivity index (χ0v) is 14.9. The Hall–Kier alpha value is -2.76. The summed E-state index contributed by atoms with van der Waals surface area (Å²) in [5.74, 6) is 0.976.